The summed E-state index contributed by atoms with van der Waals surface area (Å²) < 4.78 is 42.1. The molecular formula is C19H17FN2O5S. The normalized spacial score (nSPS) is 11.9. The van der Waals surface area contributed by atoms with E-state index in [-0.39, 0.29) is 4.90 Å². The molecule has 2 aromatic rings. The van der Waals surface area contributed by atoms with Crippen LogP contribution in [0.15, 0.2) is 53.4 Å². The quantitative estimate of drug-likeness (QED) is 0.560. The number of anilines is 1. The van der Waals surface area contributed by atoms with Crippen molar-refractivity contribution >= 4 is 27.4 Å². The Labute approximate surface area is 161 Å². The lowest BCUT2D eigenvalue weighted by Crippen LogP contribution is -2.30. The van der Waals surface area contributed by atoms with Gasteiger partial charge < -0.3 is 10.1 Å². The molecule has 0 aliphatic rings. The molecule has 0 heterocycles. The molecule has 28 heavy (non-hydrogen) atoms. The minimum Gasteiger partial charge on any atom is -0.453 e. The summed E-state index contributed by atoms with van der Waals surface area (Å²) >= 11 is 0. The van der Waals surface area contributed by atoms with E-state index in [1.165, 1.54) is 13.0 Å². The van der Waals surface area contributed by atoms with Crippen LogP contribution in [0.1, 0.15) is 18.9 Å². The Morgan fingerprint density at radius 2 is 1.89 bits per heavy atom. The Kier molecular flexibility index (Phi) is 6.84. The molecule has 0 aromatic heterocycles. The van der Waals surface area contributed by atoms with Crippen LogP contribution in [-0.4, -0.2) is 32.2 Å². The molecule has 0 aliphatic heterocycles. The molecule has 0 saturated heterocycles. The van der Waals surface area contributed by atoms with Crippen LogP contribution >= 0.6 is 0 Å². The predicted octanol–water partition coefficient (Wildman–Crippen LogP) is 2.43. The monoisotopic (exact) mass is 404 g/mol. The lowest BCUT2D eigenvalue weighted by Gasteiger charge is -2.13. The van der Waals surface area contributed by atoms with Gasteiger partial charge in [0, 0.05) is 5.69 Å². The van der Waals surface area contributed by atoms with Crippen molar-refractivity contribution in [1.82, 2.24) is 0 Å². The first kappa shape index (κ1) is 21.1. The first-order valence-corrected chi connectivity index (χ1v) is 9.85. The number of ether oxygens (including phenoxy) is 1. The second-order valence-corrected chi connectivity index (χ2v) is 7.95. The van der Waals surface area contributed by atoms with Gasteiger partial charge in [-0.15, -0.1) is 0 Å². The highest BCUT2D eigenvalue weighted by Gasteiger charge is 2.21. The maximum atomic E-state index is 12.9. The van der Waals surface area contributed by atoms with E-state index in [0.717, 1.165) is 24.3 Å². The maximum absolute atomic E-state index is 12.9. The van der Waals surface area contributed by atoms with Gasteiger partial charge in [-0.1, -0.05) is 6.07 Å². The van der Waals surface area contributed by atoms with Crippen LogP contribution in [0.4, 0.5) is 10.1 Å². The van der Waals surface area contributed by atoms with Crippen molar-refractivity contribution in [2.75, 3.05) is 11.1 Å². The highest BCUT2D eigenvalue weighted by Crippen LogP contribution is 2.14. The largest absolute Gasteiger partial charge is 0.453 e. The zero-order valence-corrected chi connectivity index (χ0v) is 15.7. The molecule has 1 atom stereocenters. The molecule has 0 unspecified atom stereocenters. The maximum Gasteiger partial charge on any atom is 0.307 e. The molecule has 0 radical (unpaired) electrons. The summed E-state index contributed by atoms with van der Waals surface area (Å²) in [4.78, 5) is 23.8. The molecule has 1 N–H and O–H groups in total. The molecule has 7 nitrogen and oxygen atoms in total. The van der Waals surface area contributed by atoms with Crippen molar-refractivity contribution in [3.63, 3.8) is 0 Å². The van der Waals surface area contributed by atoms with Crippen molar-refractivity contribution in [2.24, 2.45) is 0 Å². The van der Waals surface area contributed by atoms with E-state index in [1.54, 1.807) is 18.2 Å². The minimum atomic E-state index is -3.78. The fourth-order valence-corrected chi connectivity index (χ4v) is 3.42. The third-order valence-electron chi connectivity index (χ3n) is 3.68. The minimum absolute atomic E-state index is 0.107. The summed E-state index contributed by atoms with van der Waals surface area (Å²) in [6, 6.07) is 12.4. The van der Waals surface area contributed by atoms with Crippen LogP contribution in [0, 0.1) is 17.1 Å². The highest BCUT2D eigenvalue weighted by atomic mass is 32.2. The molecule has 0 fully saturated rings. The van der Waals surface area contributed by atoms with Gasteiger partial charge in [-0.25, -0.2) is 12.8 Å². The fraction of sp³-hybridized carbons (Fsp3) is 0.211. The number of benzene rings is 2. The molecule has 2 aromatic carbocycles. The fourth-order valence-electron chi connectivity index (χ4n) is 2.20. The van der Waals surface area contributed by atoms with Crippen molar-refractivity contribution < 1.29 is 27.1 Å². The van der Waals surface area contributed by atoms with Gasteiger partial charge in [-0.3, -0.25) is 9.59 Å². The molecule has 9 heteroatoms. The van der Waals surface area contributed by atoms with E-state index in [2.05, 4.69) is 5.32 Å². The second-order valence-electron chi connectivity index (χ2n) is 5.84. The number of rotatable bonds is 7. The van der Waals surface area contributed by atoms with Crippen LogP contribution < -0.4 is 5.32 Å². The van der Waals surface area contributed by atoms with Crippen LogP contribution in [0.25, 0.3) is 0 Å². The van der Waals surface area contributed by atoms with Crippen LogP contribution in [0.3, 0.4) is 0 Å². The van der Waals surface area contributed by atoms with Gasteiger partial charge in [-0.05, 0) is 49.4 Å². The summed E-state index contributed by atoms with van der Waals surface area (Å²) in [5, 5.41) is 11.3. The van der Waals surface area contributed by atoms with E-state index >= 15 is 0 Å². The molecule has 0 aliphatic carbocycles. The molecule has 0 spiro atoms. The number of carbonyl (C=O) groups is 2. The number of nitrogens with one attached hydrogen (secondary N) is 1. The molecule has 2 rings (SSSR count). The number of halogens is 1. The molecular weight excluding hydrogens is 387 g/mol. The van der Waals surface area contributed by atoms with Crippen molar-refractivity contribution in [3.05, 3.63) is 59.9 Å². The summed E-state index contributed by atoms with van der Waals surface area (Å²) in [7, 11) is -3.78. The van der Waals surface area contributed by atoms with Gasteiger partial charge in [0.1, 0.15) is 5.82 Å². The Morgan fingerprint density at radius 1 is 1.21 bits per heavy atom. The summed E-state index contributed by atoms with van der Waals surface area (Å²) in [6.07, 6.45) is -1.62. The zero-order chi connectivity index (χ0) is 20.7. The van der Waals surface area contributed by atoms with E-state index < -0.39 is 45.8 Å². The first-order valence-electron chi connectivity index (χ1n) is 8.20. The number of nitrogens with zero attached hydrogens (tertiary/aromatic N) is 1. The third kappa shape index (κ3) is 5.89. The summed E-state index contributed by atoms with van der Waals surface area (Å²) in [5.41, 5.74) is 0.722. The van der Waals surface area contributed by atoms with Crippen molar-refractivity contribution in [1.29, 1.82) is 5.26 Å². The number of amides is 1. The molecule has 146 valence electrons. The van der Waals surface area contributed by atoms with Crippen LogP contribution in [-0.2, 0) is 24.2 Å². The van der Waals surface area contributed by atoms with Gasteiger partial charge in [0.2, 0.25) is 0 Å². The first-order chi connectivity index (χ1) is 13.2. The molecule has 0 saturated carbocycles. The molecule has 0 bridgehead atoms. The number of hydrogen-bond donors (Lipinski definition) is 1. The number of hydrogen-bond acceptors (Lipinski definition) is 6. The summed E-state index contributed by atoms with van der Waals surface area (Å²) in [6.45, 7) is 1.34. The van der Waals surface area contributed by atoms with E-state index in [0.29, 0.717) is 11.3 Å². The van der Waals surface area contributed by atoms with Crippen molar-refractivity contribution in [3.8, 4) is 6.07 Å². The second kappa shape index (κ2) is 9.10. The number of nitriles is 1. The van der Waals surface area contributed by atoms with Gasteiger partial charge in [-0.2, -0.15) is 5.26 Å². The number of sulfone groups is 1. The van der Waals surface area contributed by atoms with Gasteiger partial charge in [0.15, 0.2) is 15.9 Å². The van der Waals surface area contributed by atoms with Crippen LogP contribution in [0.5, 0.6) is 0 Å². The Bertz CT molecular complexity index is 1010. The van der Waals surface area contributed by atoms with Gasteiger partial charge in [0.05, 0.1) is 28.7 Å². The number of esters is 1. The standard InChI is InChI=1S/C19H17FN2O5S/c1-13(19(24)22-16-4-2-3-14(11-16)12-21)27-18(23)9-10-28(25,26)17-7-5-15(20)6-8-17/h2-8,11,13H,9-10H2,1H3,(H,22,24)/t13-/m0/s1. The SMILES string of the molecule is C[C@H](OC(=O)CCS(=O)(=O)c1ccc(F)cc1)C(=O)Nc1cccc(C#N)c1. The van der Waals surface area contributed by atoms with E-state index in [9.17, 15) is 22.4 Å². The topological polar surface area (TPSA) is 113 Å². The Hall–Kier alpha value is -3.25. The highest BCUT2D eigenvalue weighted by molar-refractivity contribution is 7.91. The number of carbonyl (C=O) groups excluding carboxylic acids is 2. The molecule has 1 amide bonds. The Balaban J connectivity index is 1.88. The Morgan fingerprint density at radius 3 is 2.54 bits per heavy atom. The van der Waals surface area contributed by atoms with Gasteiger partial charge >= 0.3 is 5.97 Å². The lowest BCUT2D eigenvalue weighted by atomic mass is 10.2. The van der Waals surface area contributed by atoms with Crippen molar-refractivity contribution in [2.45, 2.75) is 24.3 Å². The predicted molar refractivity (Wildman–Crippen MR) is 98.4 cm³/mol. The van der Waals surface area contributed by atoms with Crippen LogP contribution in [0.2, 0.25) is 0 Å². The van der Waals surface area contributed by atoms with E-state index in [4.69, 9.17) is 10.00 Å². The third-order valence-corrected chi connectivity index (χ3v) is 5.42. The zero-order valence-electron chi connectivity index (χ0n) is 14.9. The average Bonchev–Trinajstić information content (AvgIpc) is 2.67. The van der Waals surface area contributed by atoms with Gasteiger partial charge in [0.25, 0.3) is 5.91 Å². The lowest BCUT2D eigenvalue weighted by molar-refractivity contribution is -0.152. The van der Waals surface area contributed by atoms with E-state index in [1.807, 2.05) is 6.07 Å². The smallest absolute Gasteiger partial charge is 0.307 e. The summed E-state index contributed by atoms with van der Waals surface area (Å²) in [5.74, 6) is -2.59. The average molecular weight is 404 g/mol.